The highest BCUT2D eigenvalue weighted by atomic mass is 32.1. The molecule has 0 spiro atoms. The van der Waals surface area contributed by atoms with Crippen LogP contribution in [0.1, 0.15) is 25.0 Å². The Morgan fingerprint density at radius 3 is 2.43 bits per heavy atom. The first-order chi connectivity index (χ1) is 9.75. The summed E-state index contributed by atoms with van der Waals surface area (Å²) in [6.07, 6.45) is 0. The minimum absolute atomic E-state index is 0.0441. The van der Waals surface area contributed by atoms with Gasteiger partial charge in [-0.15, -0.1) is 0 Å². The zero-order valence-electron chi connectivity index (χ0n) is 11.7. The highest BCUT2D eigenvalue weighted by Gasteiger charge is 2.72. The lowest BCUT2D eigenvalue weighted by molar-refractivity contribution is -0.143. The van der Waals surface area contributed by atoms with Crippen molar-refractivity contribution in [1.82, 2.24) is 4.90 Å². The molecule has 1 aromatic rings. The number of hydrogen-bond acceptors (Lipinski definition) is 3. The SMILES string of the molecule is CC1(C)C2C(=O)N(Cc3ccc(F)c(C(N)=S)c3)C(=O)C21. The highest BCUT2D eigenvalue weighted by molar-refractivity contribution is 7.80. The summed E-state index contributed by atoms with van der Waals surface area (Å²) in [4.78, 5) is 25.7. The normalized spacial score (nSPS) is 26.0. The summed E-state index contributed by atoms with van der Waals surface area (Å²) in [5, 5.41) is 0. The molecule has 110 valence electrons. The number of carbonyl (C=O) groups excluding carboxylic acids is 2. The van der Waals surface area contributed by atoms with Gasteiger partial charge in [0.2, 0.25) is 11.8 Å². The summed E-state index contributed by atoms with van der Waals surface area (Å²) in [6, 6.07) is 4.28. The van der Waals surface area contributed by atoms with Crippen molar-refractivity contribution in [3.8, 4) is 0 Å². The van der Waals surface area contributed by atoms with Crippen molar-refractivity contribution in [3.05, 3.63) is 35.1 Å². The molecule has 1 saturated heterocycles. The number of halogens is 1. The number of rotatable bonds is 3. The van der Waals surface area contributed by atoms with Gasteiger partial charge in [-0.25, -0.2) is 4.39 Å². The quantitative estimate of drug-likeness (QED) is 0.680. The molecular weight excluding hydrogens is 291 g/mol. The third kappa shape index (κ3) is 1.97. The predicted octanol–water partition coefficient (Wildman–Crippen LogP) is 1.60. The minimum atomic E-state index is -0.505. The monoisotopic (exact) mass is 306 g/mol. The molecule has 0 radical (unpaired) electrons. The average molecular weight is 306 g/mol. The molecule has 2 atom stereocenters. The van der Waals surface area contributed by atoms with E-state index in [9.17, 15) is 14.0 Å². The lowest BCUT2D eigenvalue weighted by Gasteiger charge is -2.20. The largest absolute Gasteiger partial charge is 0.389 e. The van der Waals surface area contributed by atoms with E-state index in [1.165, 1.54) is 23.1 Å². The number of piperidine rings is 1. The number of thiocarbonyl (C=S) groups is 1. The number of likely N-dealkylation sites (tertiary alicyclic amines) is 1. The van der Waals surface area contributed by atoms with E-state index in [1.54, 1.807) is 0 Å². The van der Waals surface area contributed by atoms with E-state index in [4.69, 9.17) is 18.0 Å². The van der Waals surface area contributed by atoms with E-state index in [0.29, 0.717) is 5.56 Å². The Morgan fingerprint density at radius 2 is 1.90 bits per heavy atom. The van der Waals surface area contributed by atoms with Gasteiger partial charge in [0.05, 0.1) is 18.4 Å². The molecule has 2 unspecified atom stereocenters. The first-order valence-corrected chi connectivity index (χ1v) is 7.09. The first kappa shape index (κ1) is 14.1. The molecule has 1 heterocycles. The van der Waals surface area contributed by atoms with Crippen LogP contribution < -0.4 is 5.73 Å². The maximum absolute atomic E-state index is 13.5. The number of imide groups is 1. The van der Waals surface area contributed by atoms with Gasteiger partial charge in [0.25, 0.3) is 0 Å². The van der Waals surface area contributed by atoms with Gasteiger partial charge in [-0.3, -0.25) is 14.5 Å². The van der Waals surface area contributed by atoms with E-state index < -0.39 is 5.82 Å². The van der Waals surface area contributed by atoms with E-state index in [1.807, 2.05) is 13.8 Å². The van der Waals surface area contributed by atoms with Crippen LogP contribution in [0.5, 0.6) is 0 Å². The Balaban J connectivity index is 1.83. The molecule has 3 rings (SSSR count). The number of nitrogens with zero attached hydrogens (tertiary/aromatic N) is 1. The van der Waals surface area contributed by atoms with Crippen molar-refractivity contribution in [2.24, 2.45) is 23.0 Å². The van der Waals surface area contributed by atoms with Gasteiger partial charge in [0.15, 0.2) is 0 Å². The molecule has 1 aliphatic carbocycles. The molecule has 1 saturated carbocycles. The molecule has 2 amide bonds. The zero-order chi connectivity index (χ0) is 15.5. The summed E-state index contributed by atoms with van der Waals surface area (Å²) in [5.74, 6) is -1.21. The fourth-order valence-electron chi connectivity index (χ4n) is 3.20. The third-order valence-electron chi connectivity index (χ3n) is 4.53. The van der Waals surface area contributed by atoms with Gasteiger partial charge < -0.3 is 5.73 Å². The van der Waals surface area contributed by atoms with E-state index in [-0.39, 0.29) is 46.2 Å². The summed E-state index contributed by atoms with van der Waals surface area (Å²) < 4.78 is 13.5. The molecular formula is C15H15FN2O2S. The van der Waals surface area contributed by atoms with Crippen LogP contribution in [0.15, 0.2) is 18.2 Å². The third-order valence-corrected chi connectivity index (χ3v) is 4.75. The van der Waals surface area contributed by atoms with Crippen LogP contribution in [0.25, 0.3) is 0 Å². The molecule has 1 aromatic carbocycles. The van der Waals surface area contributed by atoms with Crippen LogP contribution in [0, 0.1) is 23.1 Å². The molecule has 6 heteroatoms. The highest BCUT2D eigenvalue weighted by Crippen LogP contribution is 2.63. The number of benzene rings is 1. The summed E-state index contributed by atoms with van der Waals surface area (Å²) in [6.45, 7) is 3.99. The Hall–Kier alpha value is -1.82. The minimum Gasteiger partial charge on any atom is -0.389 e. The van der Waals surface area contributed by atoms with Crippen LogP contribution in [-0.2, 0) is 16.1 Å². The maximum atomic E-state index is 13.5. The standard InChI is InChI=1S/C15H15FN2O2S/c1-15(2)10-11(15)14(20)18(13(10)19)6-7-3-4-9(16)8(5-7)12(17)21/h3-5,10-11H,6H2,1-2H3,(H2,17,21). The van der Waals surface area contributed by atoms with E-state index >= 15 is 0 Å². The van der Waals surface area contributed by atoms with Gasteiger partial charge in [-0.1, -0.05) is 32.1 Å². The van der Waals surface area contributed by atoms with Crippen molar-refractivity contribution in [3.63, 3.8) is 0 Å². The fraction of sp³-hybridized carbons (Fsp3) is 0.400. The van der Waals surface area contributed by atoms with Gasteiger partial charge in [0.1, 0.15) is 10.8 Å². The Bertz CT molecular complexity index is 662. The van der Waals surface area contributed by atoms with Crippen molar-refractivity contribution in [1.29, 1.82) is 0 Å². The first-order valence-electron chi connectivity index (χ1n) is 6.68. The average Bonchev–Trinajstić information content (AvgIpc) is 2.87. The molecule has 0 aromatic heterocycles. The molecule has 2 aliphatic rings. The van der Waals surface area contributed by atoms with Gasteiger partial charge >= 0.3 is 0 Å². The van der Waals surface area contributed by atoms with Crippen molar-refractivity contribution in [2.75, 3.05) is 0 Å². The topological polar surface area (TPSA) is 63.4 Å². The molecule has 21 heavy (non-hydrogen) atoms. The molecule has 1 aliphatic heterocycles. The maximum Gasteiger partial charge on any atom is 0.233 e. The number of nitrogens with two attached hydrogens (primary N) is 1. The molecule has 2 fully saturated rings. The molecule has 4 nitrogen and oxygen atoms in total. The van der Waals surface area contributed by atoms with Crippen molar-refractivity contribution in [2.45, 2.75) is 20.4 Å². The van der Waals surface area contributed by atoms with Crippen LogP contribution in [-0.4, -0.2) is 21.7 Å². The molecule has 2 N–H and O–H groups in total. The fourth-order valence-corrected chi connectivity index (χ4v) is 3.36. The number of amides is 2. The lowest BCUT2D eigenvalue weighted by atomic mass is 10.0. The Labute approximate surface area is 127 Å². The second-order valence-corrected chi connectivity index (χ2v) is 6.66. The summed E-state index contributed by atoms with van der Waals surface area (Å²) in [5.41, 5.74) is 6.00. The van der Waals surface area contributed by atoms with Crippen LogP contribution in [0.2, 0.25) is 0 Å². The van der Waals surface area contributed by atoms with E-state index in [0.717, 1.165) is 0 Å². The van der Waals surface area contributed by atoms with Gasteiger partial charge in [0, 0.05) is 5.56 Å². The summed E-state index contributed by atoms with van der Waals surface area (Å²) >= 11 is 4.78. The Morgan fingerprint density at radius 1 is 1.33 bits per heavy atom. The molecule has 0 bridgehead atoms. The van der Waals surface area contributed by atoms with Gasteiger partial charge in [-0.2, -0.15) is 0 Å². The van der Waals surface area contributed by atoms with Crippen LogP contribution in [0.3, 0.4) is 0 Å². The second kappa shape index (κ2) is 4.34. The lowest BCUT2D eigenvalue weighted by Crippen LogP contribution is -2.35. The second-order valence-electron chi connectivity index (χ2n) is 6.22. The van der Waals surface area contributed by atoms with Crippen LogP contribution in [0.4, 0.5) is 4.39 Å². The van der Waals surface area contributed by atoms with Crippen LogP contribution >= 0.6 is 12.2 Å². The zero-order valence-corrected chi connectivity index (χ0v) is 12.5. The number of fused-ring (bicyclic) bond motifs is 1. The van der Waals surface area contributed by atoms with Crippen molar-refractivity contribution < 1.29 is 14.0 Å². The smallest absolute Gasteiger partial charge is 0.233 e. The predicted molar refractivity (Wildman–Crippen MR) is 78.6 cm³/mol. The number of carbonyl (C=O) groups is 2. The van der Waals surface area contributed by atoms with Crippen molar-refractivity contribution >= 4 is 29.0 Å². The Kier molecular flexibility index (Phi) is 2.92. The van der Waals surface area contributed by atoms with E-state index in [2.05, 4.69) is 0 Å². The number of hydrogen-bond donors (Lipinski definition) is 1. The van der Waals surface area contributed by atoms with Gasteiger partial charge in [-0.05, 0) is 23.1 Å². The summed E-state index contributed by atoms with van der Waals surface area (Å²) in [7, 11) is 0.